The van der Waals surface area contributed by atoms with Crippen LogP contribution in [-0.4, -0.2) is 140 Å². The number of nitrogens with zero attached hydrogens (tertiary/aromatic N) is 1. The van der Waals surface area contributed by atoms with Crippen LogP contribution < -0.4 is 0 Å². The second-order valence-electron chi connectivity index (χ2n) is 20.9. The fourth-order valence-electron chi connectivity index (χ4n) is 10.5. The number of aliphatic hydroxyl groups excluding tert-OH is 1. The number of ether oxygens (including phenoxy) is 5. The van der Waals surface area contributed by atoms with Gasteiger partial charge in [-0.3, -0.25) is 23.7 Å². The van der Waals surface area contributed by atoms with Crippen LogP contribution in [0.4, 0.5) is 0 Å². The highest BCUT2D eigenvalue weighted by Gasteiger charge is 2.53. The van der Waals surface area contributed by atoms with E-state index in [9.17, 15) is 38.8 Å². The Hall–Kier alpha value is -3.14. The highest BCUT2D eigenvalue weighted by molar-refractivity contribution is 7.57. The molecule has 2 bridgehead atoms. The number of hydrogen-bond acceptors (Lipinski definition) is 14. The summed E-state index contributed by atoms with van der Waals surface area (Å²) >= 11 is 0. The zero-order valence-electron chi connectivity index (χ0n) is 43.4. The van der Waals surface area contributed by atoms with Gasteiger partial charge in [-0.1, -0.05) is 71.1 Å². The van der Waals surface area contributed by atoms with Gasteiger partial charge in [0.15, 0.2) is 13.2 Å². The summed E-state index contributed by atoms with van der Waals surface area (Å²) in [6.45, 7) is 15.9. The summed E-state index contributed by atoms with van der Waals surface area (Å²) in [5.41, 5.74) is 1.25. The Kier molecular flexibility index (Phi) is 22.5. The lowest BCUT2D eigenvalue weighted by atomic mass is 9.78. The zero-order chi connectivity index (χ0) is 51.4. The average Bonchev–Trinajstić information content (AvgIpc) is 3.30. The molecule has 2 N–H and O–H groups in total. The normalized spacial score (nSPS) is 39.0. The molecule has 4 rings (SSSR count). The number of cyclic esters (lactones) is 1. The number of allylic oxidation sites excluding steroid dienone is 6. The lowest BCUT2D eigenvalue weighted by molar-refractivity contribution is -0.265. The number of piperidine rings is 1. The molecule has 1 amide bonds. The Morgan fingerprint density at radius 1 is 0.855 bits per heavy atom. The highest BCUT2D eigenvalue weighted by Crippen LogP contribution is 2.45. The van der Waals surface area contributed by atoms with Gasteiger partial charge < -0.3 is 43.3 Å². The molecule has 1 saturated carbocycles. The number of carbonyl (C=O) groups is 5. The predicted molar refractivity (Wildman–Crippen MR) is 263 cm³/mol. The summed E-state index contributed by atoms with van der Waals surface area (Å²) < 4.78 is 48.2. The quantitative estimate of drug-likeness (QED) is 0.104. The molecular weight excluding hydrogens is 906 g/mol. The predicted octanol–water partition coefficient (Wildman–Crippen LogP) is 7.74. The summed E-state index contributed by atoms with van der Waals surface area (Å²) in [5.74, 6) is -8.11. The molecule has 0 radical (unpaired) electrons. The van der Waals surface area contributed by atoms with Gasteiger partial charge in [-0.25, -0.2) is 4.79 Å². The van der Waals surface area contributed by atoms with E-state index in [-0.39, 0.29) is 60.9 Å². The van der Waals surface area contributed by atoms with Gasteiger partial charge in [0.2, 0.25) is 5.79 Å². The molecule has 16 heteroatoms. The number of fused-ring (bicyclic) bond motifs is 3. The van der Waals surface area contributed by atoms with Crippen LogP contribution in [0.3, 0.4) is 0 Å². The van der Waals surface area contributed by atoms with Gasteiger partial charge in [-0.2, -0.15) is 0 Å². The van der Waals surface area contributed by atoms with Crippen LogP contribution in [0.1, 0.15) is 126 Å². The lowest BCUT2D eigenvalue weighted by Gasteiger charge is -2.42. The third kappa shape index (κ3) is 16.2. The fourth-order valence-corrected chi connectivity index (χ4v) is 11.4. The SMILES string of the molecule is CO[C@H]1C[C@@H]2CC[C@@H](C)[C@@](O)(O2)C(=O)C(=O)N2CCCCC2C(=O)OC([C@H](C)CC2CC[C@@H](OP(C)(C)=O)[C@H](OC)C2)CC(=O)[C@H](C)/C=C(\C)[C@@H](O)[C@@H](OC)C(=O)[C@H](C)C[C@H](C)/C=C/C=C/C=C/1C. The van der Waals surface area contributed by atoms with Crippen molar-refractivity contribution in [2.24, 2.45) is 35.5 Å². The minimum absolute atomic E-state index is 0.0117. The van der Waals surface area contributed by atoms with Crippen molar-refractivity contribution < 1.29 is 67.0 Å². The highest BCUT2D eigenvalue weighted by atomic mass is 31.2. The van der Waals surface area contributed by atoms with E-state index in [1.807, 2.05) is 58.1 Å². The maximum absolute atomic E-state index is 14.5. The van der Waals surface area contributed by atoms with Crippen molar-refractivity contribution >= 4 is 36.6 Å². The molecule has 2 saturated heterocycles. The molecular formula is C53H84NO14P. The standard InChI is InChI=1S/C53H84NO14P/c1-32-18-14-13-15-19-33(2)44(63-8)30-40-23-21-38(7)53(61,67-40)50(58)51(59)54-25-17-16-20-41(54)52(60)66-45(35(4)28-39-22-24-43(46(29-39)64-9)68-69(11,12)62)31-42(55)34(3)27-37(6)48(57)49(65-10)47(56)36(5)26-32/h13-15,18-19,27,32,34-36,38-41,43-46,48-49,57,61H,16-17,20-26,28-31H2,1-12H3/b15-13+,18-14+,33-19+,37-27+/t32-,34-,35-,36-,38-,39?,40+,41?,43-,44+,45?,46-,48-,49+,53-/m1/s1. The minimum Gasteiger partial charge on any atom is -0.460 e. The van der Waals surface area contributed by atoms with Crippen LogP contribution in [0.2, 0.25) is 0 Å². The number of esters is 1. The number of ketones is 3. The Balaban J connectivity index is 1.70. The summed E-state index contributed by atoms with van der Waals surface area (Å²) in [7, 11) is 1.76. The maximum Gasteiger partial charge on any atom is 0.329 e. The minimum atomic E-state index is -2.79. The van der Waals surface area contributed by atoms with Crippen LogP contribution >= 0.6 is 7.37 Å². The molecule has 0 aromatic carbocycles. The fraction of sp³-hybridized carbons (Fsp3) is 0.755. The molecule has 0 spiro atoms. The Labute approximate surface area is 411 Å². The van der Waals surface area contributed by atoms with Crippen molar-refractivity contribution in [3.63, 3.8) is 0 Å². The van der Waals surface area contributed by atoms with Crippen molar-refractivity contribution in [2.45, 2.75) is 180 Å². The third-order valence-corrected chi connectivity index (χ3v) is 15.6. The van der Waals surface area contributed by atoms with E-state index in [1.54, 1.807) is 54.4 Å². The van der Waals surface area contributed by atoms with Crippen molar-refractivity contribution in [3.05, 3.63) is 47.6 Å². The number of amides is 1. The molecule has 3 fully saturated rings. The number of methoxy groups -OCH3 is 3. The van der Waals surface area contributed by atoms with Gasteiger partial charge in [-0.15, -0.1) is 0 Å². The smallest absolute Gasteiger partial charge is 0.329 e. The first-order valence-electron chi connectivity index (χ1n) is 25.2. The van der Waals surface area contributed by atoms with E-state index < -0.39 is 85.1 Å². The average molecular weight is 990 g/mol. The Morgan fingerprint density at radius 3 is 2.22 bits per heavy atom. The van der Waals surface area contributed by atoms with Crippen molar-refractivity contribution in [2.75, 3.05) is 41.2 Å². The molecule has 3 aliphatic heterocycles. The molecule has 15 atom stereocenters. The molecule has 390 valence electrons. The van der Waals surface area contributed by atoms with Gasteiger partial charge in [-0.05, 0) is 107 Å². The van der Waals surface area contributed by atoms with Crippen molar-refractivity contribution in [1.29, 1.82) is 0 Å². The number of rotatable bonds is 8. The first-order chi connectivity index (χ1) is 32.4. The second kappa shape index (κ2) is 26.5. The molecule has 0 aromatic rings. The van der Waals surface area contributed by atoms with Gasteiger partial charge in [0.05, 0.1) is 24.4 Å². The summed E-state index contributed by atoms with van der Waals surface area (Å²) in [6.07, 6.45) is 11.4. The lowest BCUT2D eigenvalue weighted by Crippen LogP contribution is -2.61. The van der Waals surface area contributed by atoms with Gasteiger partial charge in [0.25, 0.3) is 11.7 Å². The Morgan fingerprint density at radius 2 is 1.57 bits per heavy atom. The van der Waals surface area contributed by atoms with Crippen LogP contribution in [0.15, 0.2) is 47.6 Å². The third-order valence-electron chi connectivity index (χ3n) is 14.8. The zero-order valence-corrected chi connectivity index (χ0v) is 44.3. The number of Topliss-reactive ketones (excluding diaryl/α,β-unsaturated/α-hetero) is 3. The molecule has 4 aliphatic rings. The van der Waals surface area contributed by atoms with Crippen molar-refractivity contribution in [1.82, 2.24) is 4.90 Å². The van der Waals surface area contributed by atoms with E-state index in [0.29, 0.717) is 63.4 Å². The van der Waals surface area contributed by atoms with Crippen molar-refractivity contribution in [3.8, 4) is 0 Å². The Bertz CT molecular complexity index is 1940. The van der Waals surface area contributed by atoms with E-state index in [1.165, 1.54) is 12.0 Å². The molecule has 0 aromatic heterocycles. The molecule has 3 heterocycles. The number of hydrogen-bond donors (Lipinski definition) is 2. The molecule has 15 nitrogen and oxygen atoms in total. The van der Waals surface area contributed by atoms with Crippen LogP contribution in [-0.2, 0) is 56.7 Å². The van der Waals surface area contributed by atoms with E-state index >= 15 is 0 Å². The van der Waals surface area contributed by atoms with Crippen LogP contribution in [0.5, 0.6) is 0 Å². The van der Waals surface area contributed by atoms with Gasteiger partial charge >= 0.3 is 5.97 Å². The largest absolute Gasteiger partial charge is 0.460 e. The molecule has 1 aliphatic carbocycles. The number of aliphatic hydroxyl groups is 2. The van der Waals surface area contributed by atoms with Crippen LogP contribution in [0, 0.1) is 35.5 Å². The summed E-state index contributed by atoms with van der Waals surface area (Å²) in [5, 5.41) is 23.5. The number of carbonyl (C=O) groups excluding carboxylic acids is 5. The molecule has 3 unspecified atom stereocenters. The van der Waals surface area contributed by atoms with Gasteiger partial charge in [0, 0.05) is 71.8 Å². The first kappa shape index (κ1) is 58.4. The maximum atomic E-state index is 14.5. The first-order valence-corrected chi connectivity index (χ1v) is 27.7. The molecule has 69 heavy (non-hydrogen) atoms. The van der Waals surface area contributed by atoms with Gasteiger partial charge in [0.1, 0.15) is 30.1 Å². The summed E-state index contributed by atoms with van der Waals surface area (Å²) in [6, 6.07) is -1.16. The monoisotopic (exact) mass is 990 g/mol. The second-order valence-corrected chi connectivity index (χ2v) is 23.6. The topological polar surface area (TPSA) is 201 Å². The van der Waals surface area contributed by atoms with E-state index in [4.69, 9.17) is 28.2 Å². The van der Waals surface area contributed by atoms with E-state index in [0.717, 1.165) is 12.0 Å². The van der Waals surface area contributed by atoms with Crippen LogP contribution in [0.25, 0.3) is 0 Å². The van der Waals surface area contributed by atoms with E-state index in [2.05, 4.69) is 0 Å². The summed E-state index contributed by atoms with van der Waals surface area (Å²) in [4.78, 5) is 72.2.